The molecule has 3 nitrogen and oxygen atoms in total. The number of hydrogen-bond acceptors (Lipinski definition) is 2. The molecule has 19 heavy (non-hydrogen) atoms. The maximum absolute atomic E-state index is 11.3. The molecule has 1 aromatic rings. The van der Waals surface area contributed by atoms with E-state index in [0.717, 1.165) is 25.9 Å². The number of carboxylic acids is 1. The van der Waals surface area contributed by atoms with Crippen LogP contribution in [0.2, 0.25) is 0 Å². The minimum absolute atomic E-state index is 0.190. The summed E-state index contributed by atoms with van der Waals surface area (Å²) in [4.78, 5) is 13.7. The first-order chi connectivity index (χ1) is 8.95. The van der Waals surface area contributed by atoms with Gasteiger partial charge in [0.15, 0.2) is 0 Å². The maximum Gasteiger partial charge on any atom is 0.307 e. The first-order valence-electron chi connectivity index (χ1n) is 7.01. The summed E-state index contributed by atoms with van der Waals surface area (Å²) in [7, 11) is 0. The van der Waals surface area contributed by atoms with E-state index in [1.165, 1.54) is 11.3 Å². The number of aliphatic carboxylic acids is 1. The third-order valence-electron chi connectivity index (χ3n) is 4.24. The average Bonchev–Trinajstić information content (AvgIpc) is 2.37. The fraction of sp³-hybridized carbons (Fsp3) is 0.562. The van der Waals surface area contributed by atoms with Crippen LogP contribution in [0.4, 0.5) is 5.69 Å². The Labute approximate surface area is 115 Å². The van der Waals surface area contributed by atoms with Crippen LogP contribution in [0.25, 0.3) is 0 Å². The molecule has 1 atom stereocenters. The summed E-state index contributed by atoms with van der Waals surface area (Å²) in [6.45, 7) is 7.92. The highest BCUT2D eigenvalue weighted by molar-refractivity contribution is 5.72. The first kappa shape index (κ1) is 13.9. The smallest absolute Gasteiger partial charge is 0.307 e. The minimum Gasteiger partial charge on any atom is -0.481 e. The SMILES string of the molecule is CCc1ccccc1N1CCC(C(=O)O)C(C)(C)C1. The van der Waals surface area contributed by atoms with Crippen molar-refractivity contribution in [3.8, 4) is 0 Å². The Bertz CT molecular complexity index is 468. The van der Waals surface area contributed by atoms with Crippen molar-refractivity contribution in [3.05, 3.63) is 29.8 Å². The van der Waals surface area contributed by atoms with Gasteiger partial charge in [-0.15, -0.1) is 0 Å². The molecule has 104 valence electrons. The highest BCUT2D eigenvalue weighted by Gasteiger charge is 2.40. The number of carbonyl (C=O) groups is 1. The Hall–Kier alpha value is -1.51. The van der Waals surface area contributed by atoms with Gasteiger partial charge >= 0.3 is 5.97 Å². The topological polar surface area (TPSA) is 40.5 Å². The minimum atomic E-state index is -0.659. The molecule has 3 heteroatoms. The number of carboxylic acid groups (broad SMARTS) is 1. The van der Waals surface area contributed by atoms with E-state index in [4.69, 9.17) is 0 Å². The number of benzene rings is 1. The lowest BCUT2D eigenvalue weighted by molar-refractivity contribution is -0.146. The second-order valence-electron chi connectivity index (χ2n) is 6.07. The normalized spacial score (nSPS) is 22.3. The highest BCUT2D eigenvalue weighted by atomic mass is 16.4. The van der Waals surface area contributed by atoms with Gasteiger partial charge in [-0.25, -0.2) is 0 Å². The van der Waals surface area contributed by atoms with Crippen molar-refractivity contribution in [2.75, 3.05) is 18.0 Å². The van der Waals surface area contributed by atoms with Crippen LogP contribution in [0.15, 0.2) is 24.3 Å². The van der Waals surface area contributed by atoms with E-state index in [0.29, 0.717) is 0 Å². The molecule has 1 N–H and O–H groups in total. The Morgan fingerprint density at radius 3 is 2.68 bits per heavy atom. The third kappa shape index (κ3) is 2.75. The molecule has 0 amide bonds. The van der Waals surface area contributed by atoms with Crippen molar-refractivity contribution >= 4 is 11.7 Å². The standard InChI is InChI=1S/C16H23NO2/c1-4-12-7-5-6-8-14(12)17-10-9-13(15(18)19)16(2,3)11-17/h5-8,13H,4,9-11H2,1-3H3,(H,18,19). The summed E-state index contributed by atoms with van der Waals surface area (Å²) >= 11 is 0. The first-order valence-corrected chi connectivity index (χ1v) is 7.01. The van der Waals surface area contributed by atoms with Crippen molar-refractivity contribution in [2.24, 2.45) is 11.3 Å². The second kappa shape index (κ2) is 5.24. The van der Waals surface area contributed by atoms with Gasteiger partial charge in [0, 0.05) is 18.8 Å². The van der Waals surface area contributed by atoms with Gasteiger partial charge in [0.2, 0.25) is 0 Å². The molecule has 0 saturated carbocycles. The molecule has 0 spiro atoms. The molecule has 1 aliphatic rings. The summed E-state index contributed by atoms with van der Waals surface area (Å²) in [6, 6.07) is 8.43. The van der Waals surface area contributed by atoms with Gasteiger partial charge < -0.3 is 10.0 Å². The molecule has 1 heterocycles. The number of rotatable bonds is 3. The molecule has 1 unspecified atom stereocenters. The number of aryl methyl sites for hydroxylation is 1. The monoisotopic (exact) mass is 261 g/mol. The fourth-order valence-electron chi connectivity index (χ4n) is 3.14. The summed E-state index contributed by atoms with van der Waals surface area (Å²) in [5.41, 5.74) is 2.42. The van der Waals surface area contributed by atoms with Gasteiger partial charge in [0.1, 0.15) is 0 Å². The Kier molecular flexibility index (Phi) is 3.83. The third-order valence-corrected chi connectivity index (χ3v) is 4.24. The summed E-state index contributed by atoms with van der Waals surface area (Å²) in [5.74, 6) is -0.897. The number of nitrogens with zero attached hydrogens (tertiary/aromatic N) is 1. The van der Waals surface area contributed by atoms with Crippen LogP contribution in [-0.4, -0.2) is 24.2 Å². The van der Waals surface area contributed by atoms with Crippen LogP contribution >= 0.6 is 0 Å². The van der Waals surface area contributed by atoms with Gasteiger partial charge in [-0.1, -0.05) is 39.0 Å². The molecular formula is C16H23NO2. The summed E-state index contributed by atoms with van der Waals surface area (Å²) < 4.78 is 0. The van der Waals surface area contributed by atoms with Crippen molar-refractivity contribution in [2.45, 2.75) is 33.6 Å². The number of anilines is 1. The van der Waals surface area contributed by atoms with Crippen LogP contribution in [-0.2, 0) is 11.2 Å². The quantitative estimate of drug-likeness (QED) is 0.908. The Balaban J connectivity index is 2.23. The Morgan fingerprint density at radius 2 is 2.11 bits per heavy atom. The van der Waals surface area contributed by atoms with E-state index in [1.807, 2.05) is 0 Å². The maximum atomic E-state index is 11.3. The van der Waals surface area contributed by atoms with Crippen molar-refractivity contribution < 1.29 is 9.90 Å². The van der Waals surface area contributed by atoms with Crippen LogP contribution in [0.3, 0.4) is 0 Å². The number of para-hydroxylation sites is 1. The van der Waals surface area contributed by atoms with Gasteiger partial charge in [-0.3, -0.25) is 4.79 Å². The van der Waals surface area contributed by atoms with Crippen molar-refractivity contribution in [3.63, 3.8) is 0 Å². The van der Waals surface area contributed by atoms with E-state index in [2.05, 4.69) is 49.9 Å². The zero-order valence-electron chi connectivity index (χ0n) is 12.0. The van der Waals surface area contributed by atoms with Gasteiger partial charge in [-0.2, -0.15) is 0 Å². The van der Waals surface area contributed by atoms with Crippen LogP contribution in [0.1, 0.15) is 32.8 Å². The van der Waals surface area contributed by atoms with Gasteiger partial charge in [0.25, 0.3) is 0 Å². The second-order valence-corrected chi connectivity index (χ2v) is 6.07. The van der Waals surface area contributed by atoms with Crippen LogP contribution in [0, 0.1) is 11.3 Å². The number of piperidine rings is 1. The zero-order valence-corrected chi connectivity index (χ0v) is 12.0. The molecular weight excluding hydrogens is 238 g/mol. The van der Waals surface area contributed by atoms with E-state index in [9.17, 15) is 9.90 Å². The fourth-order valence-corrected chi connectivity index (χ4v) is 3.14. The van der Waals surface area contributed by atoms with Crippen molar-refractivity contribution in [1.82, 2.24) is 0 Å². The molecule has 0 radical (unpaired) electrons. The molecule has 1 aromatic carbocycles. The molecule has 1 saturated heterocycles. The lowest BCUT2D eigenvalue weighted by Gasteiger charge is -2.44. The molecule has 1 aliphatic heterocycles. The zero-order chi connectivity index (χ0) is 14.0. The van der Waals surface area contributed by atoms with Gasteiger partial charge in [0.05, 0.1) is 5.92 Å². The molecule has 0 aromatic heterocycles. The van der Waals surface area contributed by atoms with Crippen molar-refractivity contribution in [1.29, 1.82) is 0 Å². The average molecular weight is 261 g/mol. The predicted molar refractivity (Wildman–Crippen MR) is 77.6 cm³/mol. The predicted octanol–water partition coefficient (Wildman–Crippen LogP) is 3.19. The molecule has 0 bridgehead atoms. The van der Waals surface area contributed by atoms with Gasteiger partial charge in [-0.05, 0) is 29.9 Å². The lowest BCUT2D eigenvalue weighted by Crippen LogP contribution is -2.48. The van der Waals surface area contributed by atoms with Crippen LogP contribution in [0.5, 0.6) is 0 Å². The van der Waals surface area contributed by atoms with E-state index in [-0.39, 0.29) is 11.3 Å². The highest BCUT2D eigenvalue weighted by Crippen LogP contribution is 2.37. The molecule has 1 fully saturated rings. The molecule has 2 rings (SSSR count). The van der Waals surface area contributed by atoms with E-state index < -0.39 is 5.97 Å². The Morgan fingerprint density at radius 1 is 1.42 bits per heavy atom. The van der Waals surface area contributed by atoms with Crippen LogP contribution < -0.4 is 4.90 Å². The lowest BCUT2D eigenvalue weighted by atomic mass is 9.73. The van der Waals surface area contributed by atoms with E-state index >= 15 is 0 Å². The summed E-state index contributed by atoms with van der Waals surface area (Å²) in [5, 5.41) is 9.31. The van der Waals surface area contributed by atoms with E-state index in [1.54, 1.807) is 0 Å². The largest absolute Gasteiger partial charge is 0.481 e. The number of hydrogen-bond donors (Lipinski definition) is 1. The molecule has 0 aliphatic carbocycles. The summed E-state index contributed by atoms with van der Waals surface area (Å²) in [6.07, 6.45) is 1.73.